The molecule has 0 saturated carbocycles. The Bertz CT molecular complexity index is 2070. The highest BCUT2D eigenvalue weighted by Gasteiger charge is 2.54. The van der Waals surface area contributed by atoms with E-state index in [2.05, 4.69) is 70.2 Å². The molecule has 21 heteroatoms. The number of amides is 2. The topological polar surface area (TPSA) is 240 Å². The Morgan fingerprint density at radius 2 is 0.979 bits per heavy atom. The van der Waals surface area contributed by atoms with Crippen LogP contribution in [0.15, 0.2) is 50.1 Å². The number of hydrogen-bond donors (Lipinski definition) is 3. The van der Waals surface area contributed by atoms with Crippen molar-refractivity contribution in [2.45, 2.75) is 352 Å². The van der Waals surface area contributed by atoms with Crippen molar-refractivity contribution in [3.8, 4) is 0 Å². The molecule has 0 aliphatic carbocycles. The zero-order chi connectivity index (χ0) is 70.8. The molecule has 2 fully saturated rings. The second kappa shape index (κ2) is 60.2. The fourth-order valence-electron chi connectivity index (χ4n) is 12.3. The first-order chi connectivity index (χ1) is 47.3. The number of rotatable bonds is 66. The predicted octanol–water partition coefficient (Wildman–Crippen LogP) is 17.3. The molecule has 564 valence electrons. The van der Waals surface area contributed by atoms with Crippen LogP contribution in [0.4, 0.5) is 4.79 Å². The number of nitrogens with one attached hydrogen (secondary N) is 2. The SMILES string of the molecule is C=CCOC(=O)O[C@@H]1C(CO[C@@H]2O[C@H](COC)[C@@H](OP(=O)(OCC=C)OCC=C)[C@H](OCC[C@@H](CCCCCCC)OC)[C@H]2NC(=O)CCCCCCCCC/C=C\CCCCCC)OC(O)[C@H](NC(=O)CC(=O)CCCCCCCCCCC)[C@H]1OCCCCCCCCCC. The fraction of sp³-hybridized carbons (Fsp3) is 0.842. The van der Waals surface area contributed by atoms with Crippen molar-refractivity contribution in [3.05, 3.63) is 50.1 Å². The fourth-order valence-corrected chi connectivity index (χ4v) is 13.6. The van der Waals surface area contributed by atoms with Crippen molar-refractivity contribution < 1.29 is 85.1 Å². The average molecular weight is 1400 g/mol. The summed E-state index contributed by atoms with van der Waals surface area (Å²) in [5.74, 6) is -1.24. The number of methoxy groups -OCH3 is 2. The van der Waals surface area contributed by atoms with Crippen LogP contribution >= 0.6 is 7.82 Å². The summed E-state index contributed by atoms with van der Waals surface area (Å²) < 4.78 is 89.1. The Morgan fingerprint density at radius 1 is 0.505 bits per heavy atom. The standard InChI is InChI=1S/C76H137N2O18P/c1-10-17-21-25-28-31-32-33-34-35-36-38-40-44-48-52-66(80)77-69-73(88-58-53-63(86-9)51-47-42-24-20-13-4)71(96-97(84,91-55-15-6)92-56-16-7)64(60-85-8)94-75(69)90-61-65-70(95-76(83)89-54-14-5)72(87-57-49-45-41-30-27-23-19-12-3)68(74(82)93-65)78-67(81)59-62(79)50-46-43-39-37-29-26-22-18-11-2/h14-16,31-32,63-65,68-75,82H,5-7,10-13,17-30,33-61H2,1-4,8-9H3,(H,77,80)(H,78,81)/b32-31-/t63-,64-,65?,68-,69-,70-,71-,72-,73-,74?,75-/m1/s1. The van der Waals surface area contributed by atoms with Crippen LogP contribution < -0.4 is 10.6 Å². The average Bonchev–Trinajstić information content (AvgIpc) is 0.788. The van der Waals surface area contributed by atoms with Gasteiger partial charge in [-0.1, -0.05) is 244 Å². The minimum atomic E-state index is -4.48. The monoisotopic (exact) mass is 1400 g/mol. The summed E-state index contributed by atoms with van der Waals surface area (Å²) in [6.45, 7) is 18.9. The highest BCUT2D eigenvalue weighted by atomic mass is 31.2. The van der Waals surface area contributed by atoms with Crippen molar-refractivity contribution >= 4 is 31.6 Å². The number of hydrogen-bond acceptors (Lipinski definition) is 18. The van der Waals surface area contributed by atoms with Crippen LogP contribution in [0.5, 0.6) is 0 Å². The Kier molecular flexibility index (Phi) is 55.7. The van der Waals surface area contributed by atoms with Crippen molar-refractivity contribution in [2.24, 2.45) is 0 Å². The summed E-state index contributed by atoms with van der Waals surface area (Å²) in [6.07, 6.45) is 35.3. The van der Waals surface area contributed by atoms with E-state index < -0.39 is 94.2 Å². The molecule has 2 amide bonds. The normalized spacial score (nSPS) is 21.5. The molecule has 11 atom stereocenters. The third-order valence-corrected chi connectivity index (χ3v) is 19.3. The van der Waals surface area contributed by atoms with Crippen LogP contribution in [0.3, 0.4) is 0 Å². The number of ether oxygens (including phenoxy) is 9. The molecule has 0 aromatic rings. The molecular formula is C76H137N2O18P. The van der Waals surface area contributed by atoms with E-state index in [4.69, 9.17) is 56.2 Å². The van der Waals surface area contributed by atoms with Gasteiger partial charge in [-0.15, -0.1) is 13.2 Å². The number of allylic oxidation sites excluding steroid dienone is 2. The number of ketones is 1. The Hall–Kier alpha value is -3.37. The number of phosphoric ester groups is 1. The minimum absolute atomic E-state index is 0.0912. The number of aliphatic hydroxyl groups is 1. The van der Waals surface area contributed by atoms with E-state index in [9.17, 15) is 28.8 Å². The van der Waals surface area contributed by atoms with E-state index in [1.807, 2.05) is 0 Å². The smallest absolute Gasteiger partial charge is 0.430 e. The number of Topliss-reactive ketones (excluding diaryl/α,β-unsaturated/α-hetero) is 1. The number of aliphatic hydroxyl groups excluding tert-OH is 1. The number of carbonyl (C=O) groups excluding carboxylic acids is 4. The lowest BCUT2D eigenvalue weighted by molar-refractivity contribution is -0.303. The van der Waals surface area contributed by atoms with Gasteiger partial charge in [-0.25, -0.2) is 9.36 Å². The molecule has 2 aliphatic rings. The maximum atomic E-state index is 14.7. The summed E-state index contributed by atoms with van der Waals surface area (Å²) in [6, 6.07) is -2.54. The summed E-state index contributed by atoms with van der Waals surface area (Å²) in [5.41, 5.74) is 0. The lowest BCUT2D eigenvalue weighted by Gasteiger charge is -2.47. The quantitative estimate of drug-likeness (QED) is 0.0169. The summed E-state index contributed by atoms with van der Waals surface area (Å²) in [7, 11) is -1.36. The third-order valence-electron chi connectivity index (χ3n) is 17.8. The van der Waals surface area contributed by atoms with Gasteiger partial charge < -0.3 is 58.4 Å². The molecule has 2 unspecified atom stereocenters. The molecule has 0 aromatic carbocycles. The van der Waals surface area contributed by atoms with Crippen LogP contribution in [-0.2, 0) is 75.2 Å². The van der Waals surface area contributed by atoms with Crippen LogP contribution in [-0.4, -0.2) is 157 Å². The van der Waals surface area contributed by atoms with Gasteiger partial charge in [-0.3, -0.25) is 28.0 Å². The lowest BCUT2D eigenvalue weighted by atomic mass is 9.95. The highest BCUT2D eigenvalue weighted by Crippen LogP contribution is 2.52. The largest absolute Gasteiger partial charge is 0.509 e. The van der Waals surface area contributed by atoms with Gasteiger partial charge >= 0.3 is 14.0 Å². The molecule has 0 spiro atoms. The van der Waals surface area contributed by atoms with Gasteiger partial charge in [0.25, 0.3) is 0 Å². The molecule has 2 aliphatic heterocycles. The van der Waals surface area contributed by atoms with Crippen molar-refractivity contribution in [2.75, 3.05) is 60.5 Å². The molecule has 0 radical (unpaired) electrons. The predicted molar refractivity (Wildman–Crippen MR) is 384 cm³/mol. The molecule has 97 heavy (non-hydrogen) atoms. The molecule has 3 N–H and O–H groups in total. The maximum absolute atomic E-state index is 14.7. The number of carbonyl (C=O) groups is 4. The maximum Gasteiger partial charge on any atom is 0.509 e. The van der Waals surface area contributed by atoms with E-state index in [0.717, 1.165) is 141 Å². The first kappa shape index (κ1) is 89.7. The first-order valence-corrected chi connectivity index (χ1v) is 39.6. The lowest BCUT2D eigenvalue weighted by Crippen LogP contribution is -2.68. The van der Waals surface area contributed by atoms with Crippen LogP contribution in [0, 0.1) is 0 Å². The van der Waals surface area contributed by atoms with Gasteiger partial charge in [-0.05, 0) is 57.8 Å². The third kappa shape index (κ3) is 42.6. The number of unbranched alkanes of at least 4 members (excludes halogenated alkanes) is 30. The van der Waals surface area contributed by atoms with E-state index in [1.165, 1.54) is 96.0 Å². The zero-order valence-corrected chi connectivity index (χ0v) is 62.3. The summed E-state index contributed by atoms with van der Waals surface area (Å²) in [4.78, 5) is 55.4. The van der Waals surface area contributed by atoms with Gasteiger partial charge in [0.05, 0.1) is 39.0 Å². The van der Waals surface area contributed by atoms with Crippen molar-refractivity contribution in [1.82, 2.24) is 10.6 Å². The molecule has 2 heterocycles. The zero-order valence-electron chi connectivity index (χ0n) is 61.4. The van der Waals surface area contributed by atoms with Crippen LogP contribution in [0.2, 0.25) is 0 Å². The molecule has 2 saturated heterocycles. The van der Waals surface area contributed by atoms with Gasteiger partial charge in [0.1, 0.15) is 55.0 Å². The van der Waals surface area contributed by atoms with E-state index in [0.29, 0.717) is 25.7 Å². The van der Waals surface area contributed by atoms with E-state index in [-0.39, 0.29) is 70.3 Å². The highest BCUT2D eigenvalue weighted by molar-refractivity contribution is 7.48. The summed E-state index contributed by atoms with van der Waals surface area (Å²) >= 11 is 0. The molecule has 2 rings (SSSR count). The molecule has 20 nitrogen and oxygen atoms in total. The second-order valence-electron chi connectivity index (χ2n) is 26.3. The first-order valence-electron chi connectivity index (χ1n) is 38.1. The Balaban J connectivity index is 2.65. The van der Waals surface area contributed by atoms with Gasteiger partial charge in [0, 0.05) is 40.3 Å². The van der Waals surface area contributed by atoms with Crippen molar-refractivity contribution in [3.63, 3.8) is 0 Å². The molecule has 0 bridgehead atoms. The Labute approximate surface area is 587 Å². The van der Waals surface area contributed by atoms with E-state index in [1.54, 1.807) is 7.11 Å². The van der Waals surface area contributed by atoms with E-state index >= 15 is 0 Å². The van der Waals surface area contributed by atoms with Gasteiger partial charge in [-0.2, -0.15) is 0 Å². The van der Waals surface area contributed by atoms with Gasteiger partial charge in [0.2, 0.25) is 11.8 Å². The second-order valence-corrected chi connectivity index (χ2v) is 27.9. The molecular weight excluding hydrogens is 1260 g/mol. The van der Waals surface area contributed by atoms with Gasteiger partial charge in [0.15, 0.2) is 18.7 Å². The van der Waals surface area contributed by atoms with Crippen LogP contribution in [0.25, 0.3) is 0 Å². The van der Waals surface area contributed by atoms with Crippen molar-refractivity contribution in [1.29, 1.82) is 0 Å². The molecule has 0 aromatic heterocycles. The summed E-state index contributed by atoms with van der Waals surface area (Å²) in [5, 5.41) is 18.0. The van der Waals surface area contributed by atoms with Crippen LogP contribution in [0.1, 0.15) is 285 Å². The Morgan fingerprint density at radius 3 is 1.53 bits per heavy atom. The number of phosphoric acid groups is 1. The minimum Gasteiger partial charge on any atom is -0.430 e.